The molecular formula is C11H11Cl2FO2Ru. The number of carbonyl (C=O) groups is 1. The number of hydrogen-bond acceptors (Lipinski definition) is 2. The Kier molecular flexibility index (Phi) is 5.71. The quantitative estimate of drug-likeness (QED) is 0.605. The molecule has 96 valence electrons. The van der Waals surface area contributed by atoms with Crippen LogP contribution in [0.5, 0.6) is 0 Å². The van der Waals surface area contributed by atoms with Crippen LogP contribution in [-0.4, -0.2) is 16.7 Å². The van der Waals surface area contributed by atoms with E-state index in [1.165, 1.54) is 22.8 Å². The van der Waals surface area contributed by atoms with Crippen molar-refractivity contribution in [3.8, 4) is 0 Å². The van der Waals surface area contributed by atoms with Gasteiger partial charge in [-0.05, 0) is 0 Å². The van der Waals surface area contributed by atoms with E-state index in [0.29, 0.717) is 5.56 Å². The molecule has 0 aliphatic carbocycles. The van der Waals surface area contributed by atoms with Gasteiger partial charge in [0.15, 0.2) is 0 Å². The van der Waals surface area contributed by atoms with E-state index in [-0.39, 0.29) is 11.7 Å². The zero-order chi connectivity index (χ0) is 13.0. The number of carbonyl (C=O) groups excluding carboxylic acids is 1. The molecule has 0 fully saturated rings. The Morgan fingerprint density at radius 1 is 1.47 bits per heavy atom. The van der Waals surface area contributed by atoms with Crippen LogP contribution in [0.4, 0.5) is 4.39 Å². The molecule has 6 heteroatoms. The summed E-state index contributed by atoms with van der Waals surface area (Å²) in [5.41, 5.74) is 0.666. The zero-order valence-electron chi connectivity index (χ0n) is 9.19. The number of ether oxygens (including phenoxy) is 1. The van der Waals surface area contributed by atoms with E-state index in [4.69, 9.17) is 24.1 Å². The van der Waals surface area contributed by atoms with E-state index in [1.54, 1.807) is 13.8 Å². The van der Waals surface area contributed by atoms with Gasteiger partial charge in [-0.1, -0.05) is 0 Å². The van der Waals surface area contributed by atoms with E-state index in [0.717, 1.165) is 0 Å². The van der Waals surface area contributed by atoms with Crippen LogP contribution >= 0.6 is 19.4 Å². The van der Waals surface area contributed by atoms with Crippen molar-refractivity contribution in [2.75, 3.05) is 0 Å². The van der Waals surface area contributed by atoms with Crippen LogP contribution in [0.3, 0.4) is 0 Å². The average molecular weight is 366 g/mol. The SMILES string of the molecule is CC(C)OC(=O)c1ccc(F)cc1[CH]=[Ru]([Cl])[Cl]. The zero-order valence-corrected chi connectivity index (χ0v) is 12.4. The van der Waals surface area contributed by atoms with Gasteiger partial charge in [-0.3, -0.25) is 0 Å². The van der Waals surface area contributed by atoms with Crippen LogP contribution < -0.4 is 0 Å². The Bertz CT molecular complexity index is 457. The van der Waals surface area contributed by atoms with Crippen LogP contribution in [0.15, 0.2) is 18.2 Å². The fraction of sp³-hybridized carbons (Fsp3) is 0.273. The van der Waals surface area contributed by atoms with Gasteiger partial charge in [-0.25, -0.2) is 0 Å². The normalized spacial score (nSPS) is 11.3. The van der Waals surface area contributed by atoms with E-state index >= 15 is 0 Å². The molecule has 0 aromatic heterocycles. The molecule has 0 aliphatic rings. The number of esters is 1. The average Bonchev–Trinajstić information content (AvgIpc) is 2.15. The first-order valence-corrected chi connectivity index (χ1v) is 10.2. The summed E-state index contributed by atoms with van der Waals surface area (Å²) in [5.74, 6) is -0.948. The predicted molar refractivity (Wildman–Crippen MR) is 63.8 cm³/mol. The van der Waals surface area contributed by atoms with Gasteiger partial charge in [-0.15, -0.1) is 0 Å². The summed E-state index contributed by atoms with van der Waals surface area (Å²) in [6, 6.07) is 3.80. The molecule has 0 amide bonds. The van der Waals surface area contributed by atoms with Crippen molar-refractivity contribution in [1.82, 2.24) is 0 Å². The van der Waals surface area contributed by atoms with Gasteiger partial charge in [0.2, 0.25) is 0 Å². The van der Waals surface area contributed by atoms with Crippen molar-refractivity contribution in [2.45, 2.75) is 20.0 Å². The van der Waals surface area contributed by atoms with Crippen LogP contribution in [-0.2, 0) is 18.3 Å². The molecule has 0 bridgehead atoms. The molecule has 2 nitrogen and oxygen atoms in total. The minimum absolute atomic E-state index is 0.235. The molecular weight excluding hydrogens is 355 g/mol. The number of benzene rings is 1. The van der Waals surface area contributed by atoms with Crippen LogP contribution in [0.25, 0.3) is 0 Å². The number of hydrogen-bond donors (Lipinski definition) is 0. The maximum atomic E-state index is 13.1. The van der Waals surface area contributed by atoms with Crippen LogP contribution in [0.1, 0.15) is 29.8 Å². The molecule has 0 saturated heterocycles. The van der Waals surface area contributed by atoms with Gasteiger partial charge in [0, 0.05) is 0 Å². The summed E-state index contributed by atoms with van der Waals surface area (Å²) >= 11 is -2.12. The third kappa shape index (κ3) is 4.83. The first-order chi connectivity index (χ1) is 7.90. The number of rotatable bonds is 3. The molecule has 0 N–H and O–H groups in total. The predicted octanol–water partition coefficient (Wildman–Crippen LogP) is 3.47. The summed E-state index contributed by atoms with van der Waals surface area (Å²) in [4.78, 5) is 11.7. The second-order valence-corrected chi connectivity index (χ2v) is 9.22. The van der Waals surface area contributed by atoms with Crippen molar-refractivity contribution < 1.29 is 27.4 Å². The summed E-state index contributed by atoms with van der Waals surface area (Å²) in [6.45, 7) is 3.48. The van der Waals surface area contributed by atoms with E-state index in [2.05, 4.69) is 0 Å². The molecule has 0 heterocycles. The van der Waals surface area contributed by atoms with E-state index in [1.807, 2.05) is 0 Å². The van der Waals surface area contributed by atoms with Crippen molar-refractivity contribution in [1.29, 1.82) is 0 Å². The third-order valence-corrected chi connectivity index (χ3v) is 3.60. The molecule has 0 atom stereocenters. The van der Waals surface area contributed by atoms with Crippen molar-refractivity contribution >= 4 is 30.0 Å². The Balaban J connectivity index is 3.14. The monoisotopic (exact) mass is 366 g/mol. The second kappa shape index (κ2) is 6.58. The van der Waals surface area contributed by atoms with Crippen molar-refractivity contribution in [2.24, 2.45) is 0 Å². The van der Waals surface area contributed by atoms with E-state index < -0.39 is 25.3 Å². The van der Waals surface area contributed by atoms with Gasteiger partial charge in [0.1, 0.15) is 0 Å². The van der Waals surface area contributed by atoms with Crippen molar-refractivity contribution in [3.05, 3.63) is 35.1 Å². The summed E-state index contributed by atoms with van der Waals surface area (Å²) < 4.78 is 19.6. The van der Waals surface area contributed by atoms with Crippen LogP contribution in [0.2, 0.25) is 0 Å². The summed E-state index contributed by atoms with van der Waals surface area (Å²) in [6.07, 6.45) is -0.235. The second-order valence-electron chi connectivity index (χ2n) is 3.49. The van der Waals surface area contributed by atoms with Crippen LogP contribution in [0, 0.1) is 5.82 Å². The molecule has 1 aromatic rings. The van der Waals surface area contributed by atoms with Gasteiger partial charge in [-0.2, -0.15) is 0 Å². The molecule has 17 heavy (non-hydrogen) atoms. The third-order valence-electron chi connectivity index (χ3n) is 1.76. The van der Waals surface area contributed by atoms with Gasteiger partial charge in [0.25, 0.3) is 0 Å². The number of halogens is 3. The first kappa shape index (κ1) is 14.8. The van der Waals surface area contributed by atoms with Gasteiger partial charge < -0.3 is 0 Å². The fourth-order valence-corrected chi connectivity index (χ4v) is 2.97. The standard InChI is InChI=1S/C11H11FO2.2ClH.Ru/c1-7(2)14-11(13)10-5-4-9(12)6-8(10)3;;;/h3-7H,1-2H3;2*1H;/q;;;+2/p-2. The molecule has 0 saturated carbocycles. The Hall–Kier alpha value is -0.307. The molecule has 1 rings (SSSR count). The molecule has 1 aromatic carbocycles. The van der Waals surface area contributed by atoms with Gasteiger partial charge >= 0.3 is 112 Å². The first-order valence-electron chi connectivity index (χ1n) is 4.74. The van der Waals surface area contributed by atoms with Crippen molar-refractivity contribution in [3.63, 3.8) is 0 Å². The summed E-state index contributed by atoms with van der Waals surface area (Å²) in [5, 5.41) is 0. The summed E-state index contributed by atoms with van der Waals surface area (Å²) in [7, 11) is 11.5. The topological polar surface area (TPSA) is 26.3 Å². The molecule has 0 unspecified atom stereocenters. The Labute approximate surface area is 112 Å². The Morgan fingerprint density at radius 3 is 2.65 bits per heavy atom. The molecule has 0 spiro atoms. The molecule has 0 radical (unpaired) electrons. The van der Waals surface area contributed by atoms with E-state index in [9.17, 15) is 9.18 Å². The molecule has 0 aliphatic heterocycles. The Morgan fingerprint density at radius 2 is 2.12 bits per heavy atom. The fourth-order valence-electron chi connectivity index (χ4n) is 1.16. The minimum atomic E-state index is -2.12. The van der Waals surface area contributed by atoms with Gasteiger partial charge in [0.05, 0.1) is 0 Å². The maximum absolute atomic E-state index is 13.1.